The van der Waals surface area contributed by atoms with Gasteiger partial charge in [-0.15, -0.1) is 0 Å². The summed E-state index contributed by atoms with van der Waals surface area (Å²) in [6, 6.07) is 0.840. The van der Waals surface area contributed by atoms with E-state index in [2.05, 4.69) is 0 Å². The van der Waals surface area contributed by atoms with Crippen LogP contribution in [0.2, 0.25) is 0 Å². The summed E-state index contributed by atoms with van der Waals surface area (Å²) >= 11 is 0. The normalized spacial score (nSPS) is 35.4. The van der Waals surface area contributed by atoms with Crippen molar-refractivity contribution in [2.24, 2.45) is 0 Å². The van der Waals surface area contributed by atoms with Crippen molar-refractivity contribution in [1.82, 2.24) is 0 Å². The quantitative estimate of drug-likeness (QED) is 0.283. The summed E-state index contributed by atoms with van der Waals surface area (Å²) < 4.78 is 16.6. The summed E-state index contributed by atoms with van der Waals surface area (Å²) in [5, 5.41) is 69.6. The minimum absolute atomic E-state index is 0.328. The number of hydrogen-bond donors (Lipinski definition) is 7. The highest BCUT2D eigenvalue weighted by molar-refractivity contribution is 6.00. The van der Waals surface area contributed by atoms with E-state index in [1.807, 2.05) is 0 Å². The average Bonchev–Trinajstić information content (AvgIpc) is 2.63. The van der Waals surface area contributed by atoms with Crippen molar-refractivity contribution in [3.63, 3.8) is 0 Å². The Hall–Kier alpha value is -1.99. The van der Waals surface area contributed by atoms with Crippen LogP contribution < -0.4 is 0 Å². The summed E-state index contributed by atoms with van der Waals surface area (Å²) in [5.41, 5.74) is -0.784. The number of fused-ring (bicyclic) bond motifs is 1. The minimum Gasteiger partial charge on any atom is -0.507 e. The number of rotatable bonds is 4. The maximum absolute atomic E-state index is 11.7. The van der Waals surface area contributed by atoms with Crippen LogP contribution in [-0.2, 0) is 14.2 Å². The van der Waals surface area contributed by atoms with Crippen LogP contribution in [0.25, 0.3) is 0 Å². The maximum atomic E-state index is 11.7. The lowest BCUT2D eigenvalue weighted by Gasteiger charge is -2.48. The second kappa shape index (κ2) is 7.79. The number of hydrogen-bond acceptors (Lipinski definition) is 11. The predicted octanol–water partition coefficient (Wildman–Crippen LogP) is -1.74. The van der Waals surface area contributed by atoms with E-state index in [4.69, 9.17) is 14.2 Å². The molecule has 2 heterocycles. The Kier molecular flexibility index (Phi) is 5.77. The molecule has 0 aliphatic carbocycles. The molecule has 0 amide bonds. The zero-order valence-corrected chi connectivity index (χ0v) is 14.8. The Morgan fingerprint density at radius 2 is 1.61 bits per heavy atom. The number of aromatic hydroxyl groups is 3. The van der Waals surface area contributed by atoms with Crippen LogP contribution in [0.1, 0.15) is 28.9 Å². The molecule has 2 aliphatic rings. The van der Waals surface area contributed by atoms with Crippen molar-refractivity contribution in [2.45, 2.75) is 49.8 Å². The molecule has 0 unspecified atom stereocenters. The van der Waals surface area contributed by atoms with E-state index in [-0.39, 0.29) is 5.56 Å². The topological polar surface area (TPSA) is 186 Å². The van der Waals surface area contributed by atoms with Gasteiger partial charge in [-0.2, -0.15) is 0 Å². The molecule has 2 aliphatic heterocycles. The average molecular weight is 402 g/mol. The molecule has 156 valence electrons. The van der Waals surface area contributed by atoms with Gasteiger partial charge >= 0.3 is 0 Å². The number of Topliss-reactive ketones (excluding diaryl/α,β-unsaturated/α-hetero) is 1. The van der Waals surface area contributed by atoms with Crippen LogP contribution in [0.15, 0.2) is 6.07 Å². The minimum atomic E-state index is -1.50. The molecule has 2 fully saturated rings. The number of carbonyl (C=O) groups excluding carboxylic acids is 1. The lowest BCUT2D eigenvalue weighted by molar-refractivity contribution is -0.371. The number of phenols is 3. The second-order valence-corrected chi connectivity index (χ2v) is 6.69. The maximum Gasteiger partial charge on any atom is 0.187 e. The van der Waals surface area contributed by atoms with Gasteiger partial charge in [0.05, 0.1) is 18.8 Å². The molecule has 1 aromatic carbocycles. The van der Waals surface area contributed by atoms with Gasteiger partial charge in [-0.25, -0.2) is 0 Å². The van der Waals surface area contributed by atoms with Crippen LogP contribution in [0.4, 0.5) is 0 Å². The van der Waals surface area contributed by atoms with Crippen LogP contribution in [-0.4, -0.2) is 91.6 Å². The molecule has 0 radical (unpaired) electrons. The first kappa shape index (κ1) is 20.7. The molecule has 11 nitrogen and oxygen atoms in total. The van der Waals surface area contributed by atoms with E-state index < -0.39 is 84.7 Å². The molecule has 11 heteroatoms. The highest BCUT2D eigenvalue weighted by Gasteiger charge is 2.52. The summed E-state index contributed by atoms with van der Waals surface area (Å²) in [6.07, 6.45) is -9.27. The number of carbonyl (C=O) groups is 1. The van der Waals surface area contributed by atoms with Gasteiger partial charge in [0.2, 0.25) is 0 Å². The summed E-state index contributed by atoms with van der Waals surface area (Å²) in [7, 11) is 0. The number of phenolic OH excluding ortho intramolecular Hbond substituents is 3. The highest BCUT2D eigenvalue weighted by atomic mass is 16.7. The molecular weight excluding hydrogens is 380 g/mol. The molecule has 28 heavy (non-hydrogen) atoms. The molecule has 3 rings (SSSR count). The highest BCUT2D eigenvalue weighted by Crippen LogP contribution is 2.47. The Morgan fingerprint density at radius 1 is 0.964 bits per heavy atom. The summed E-state index contributed by atoms with van der Waals surface area (Å²) in [6.45, 7) is -0.195. The number of benzene rings is 1. The third-order valence-electron chi connectivity index (χ3n) is 4.89. The van der Waals surface area contributed by atoms with Gasteiger partial charge < -0.3 is 50.0 Å². The molecular formula is C17H22O11. The Labute approximate surface area is 158 Å². The fraction of sp³-hybridized carbons (Fsp3) is 0.588. The number of ether oxygens (including phenoxy) is 3. The Bertz CT molecular complexity index is 751. The van der Waals surface area contributed by atoms with Crippen molar-refractivity contribution in [3.8, 4) is 17.2 Å². The van der Waals surface area contributed by atoms with Crippen LogP contribution in [0.3, 0.4) is 0 Å². The first-order chi connectivity index (χ1) is 13.2. The van der Waals surface area contributed by atoms with Crippen molar-refractivity contribution >= 4 is 5.78 Å². The van der Waals surface area contributed by atoms with E-state index in [1.54, 1.807) is 0 Å². The smallest absolute Gasteiger partial charge is 0.187 e. The monoisotopic (exact) mass is 402 g/mol. The molecule has 7 N–H and O–H groups in total. The molecule has 2 saturated heterocycles. The fourth-order valence-corrected chi connectivity index (χ4v) is 3.49. The Balaban J connectivity index is 2.01. The fourth-order valence-electron chi connectivity index (χ4n) is 3.49. The number of aliphatic hydroxyl groups excluding tert-OH is 4. The van der Waals surface area contributed by atoms with Crippen LogP contribution >= 0.6 is 0 Å². The van der Waals surface area contributed by atoms with Gasteiger partial charge in [0.15, 0.2) is 12.1 Å². The molecule has 0 bridgehead atoms. The summed E-state index contributed by atoms with van der Waals surface area (Å²) in [5.74, 6) is -2.71. The summed E-state index contributed by atoms with van der Waals surface area (Å²) in [4.78, 5) is 11.7. The van der Waals surface area contributed by atoms with E-state index >= 15 is 0 Å². The van der Waals surface area contributed by atoms with Crippen LogP contribution in [0, 0.1) is 0 Å². The van der Waals surface area contributed by atoms with Gasteiger partial charge in [-0.1, -0.05) is 0 Å². The second-order valence-electron chi connectivity index (χ2n) is 6.69. The first-order valence-corrected chi connectivity index (χ1v) is 8.54. The predicted molar refractivity (Wildman–Crippen MR) is 88.8 cm³/mol. The van der Waals surface area contributed by atoms with Gasteiger partial charge in [0.1, 0.15) is 59.4 Å². The van der Waals surface area contributed by atoms with Crippen LogP contribution in [0.5, 0.6) is 17.2 Å². The molecule has 0 spiro atoms. The van der Waals surface area contributed by atoms with E-state index in [0.717, 1.165) is 13.0 Å². The van der Waals surface area contributed by atoms with Gasteiger partial charge in [-0.05, 0) is 6.92 Å². The van der Waals surface area contributed by atoms with Crippen molar-refractivity contribution < 1.29 is 54.8 Å². The van der Waals surface area contributed by atoms with Crippen molar-refractivity contribution in [1.29, 1.82) is 0 Å². The largest absolute Gasteiger partial charge is 0.507 e. The molecule has 7 atom stereocenters. The zero-order chi connectivity index (χ0) is 20.7. The Morgan fingerprint density at radius 3 is 2.18 bits per heavy atom. The molecule has 0 saturated carbocycles. The number of ketones is 1. The van der Waals surface area contributed by atoms with Gasteiger partial charge in [0.25, 0.3) is 0 Å². The van der Waals surface area contributed by atoms with E-state index in [9.17, 15) is 40.5 Å². The number of aliphatic hydroxyl groups is 4. The standard InChI is InChI=1S/C17H22O11/c1-5(20)10-6(21)2-7(22)11(13(10)24)15-9(4-19)26-16-14(25)12(23)8(3-18)27-17(16)28-15/h2,8-9,12,14-19,21-25H,3-4H2,1H3/t8-,9+,12-,14+,15-,16-,17+/m1/s1. The molecule has 0 aromatic heterocycles. The molecule has 1 aromatic rings. The van der Waals surface area contributed by atoms with E-state index in [1.165, 1.54) is 0 Å². The third-order valence-corrected chi connectivity index (χ3v) is 4.89. The lowest BCUT2D eigenvalue weighted by atomic mass is 9.93. The van der Waals surface area contributed by atoms with E-state index in [0.29, 0.717) is 0 Å². The van der Waals surface area contributed by atoms with Gasteiger partial charge in [0, 0.05) is 6.07 Å². The lowest BCUT2D eigenvalue weighted by Crippen LogP contribution is -2.63. The van der Waals surface area contributed by atoms with Crippen molar-refractivity contribution in [2.75, 3.05) is 13.2 Å². The zero-order valence-electron chi connectivity index (χ0n) is 14.8. The van der Waals surface area contributed by atoms with Gasteiger partial charge in [-0.3, -0.25) is 4.79 Å². The van der Waals surface area contributed by atoms with Crippen molar-refractivity contribution in [3.05, 3.63) is 17.2 Å². The first-order valence-electron chi connectivity index (χ1n) is 8.54. The third kappa shape index (κ3) is 3.31. The SMILES string of the molecule is CC(=O)c1c(O)cc(O)c([C@@H]2O[C@@H]3O[C@H](CO)[C@@H](O)[C@H](O)[C@H]3O[C@H]2CO)c1O.